The number of aryl methyl sites for hydroxylation is 1. The molecule has 1 aliphatic carbocycles. The number of hydrogen-bond acceptors (Lipinski definition) is 3. The van der Waals surface area contributed by atoms with Gasteiger partial charge < -0.3 is 5.32 Å². The largest absolute Gasteiger partial charge is 0.313 e. The van der Waals surface area contributed by atoms with Crippen molar-refractivity contribution in [2.45, 2.75) is 38.6 Å². The fraction of sp³-hybridized carbons (Fsp3) is 0.500. The molecule has 2 heterocycles. The molecule has 0 saturated carbocycles. The summed E-state index contributed by atoms with van der Waals surface area (Å²) in [7, 11) is 0. The van der Waals surface area contributed by atoms with E-state index in [0.29, 0.717) is 11.6 Å². The fourth-order valence-electron chi connectivity index (χ4n) is 3.21. The van der Waals surface area contributed by atoms with E-state index in [0.717, 1.165) is 36.6 Å². The maximum Gasteiger partial charge on any atom is 0.101 e. The minimum Gasteiger partial charge on any atom is -0.313 e. The Bertz CT molecular complexity index is 554. The lowest BCUT2D eigenvalue weighted by molar-refractivity contribution is 0.278. The highest BCUT2D eigenvalue weighted by Gasteiger charge is 2.28. The normalized spacial score (nSPS) is 26.2. The molecule has 3 nitrogen and oxygen atoms in total. The average molecular weight is 253 g/mol. The Morgan fingerprint density at radius 2 is 2.37 bits per heavy atom. The molecule has 1 N–H and O–H groups in total. The Labute approximate surface area is 114 Å². The van der Waals surface area contributed by atoms with Crippen molar-refractivity contribution in [1.29, 1.82) is 5.26 Å². The Balaban J connectivity index is 1.86. The molecule has 2 aliphatic rings. The first-order valence-electron chi connectivity index (χ1n) is 7.07. The van der Waals surface area contributed by atoms with Crippen LogP contribution in [0, 0.1) is 24.2 Å². The van der Waals surface area contributed by atoms with Crippen LogP contribution in [0.3, 0.4) is 0 Å². The summed E-state index contributed by atoms with van der Waals surface area (Å²) in [5, 5.41) is 12.7. The maximum atomic E-state index is 9.11. The van der Waals surface area contributed by atoms with Crippen LogP contribution in [0.15, 0.2) is 18.3 Å². The SMILES string of the molecule is Cc1ncc(C2=CC[C@@H]3CCCN[C@@H]3C2)cc1C#N. The lowest BCUT2D eigenvalue weighted by Crippen LogP contribution is -2.42. The number of piperidine rings is 1. The van der Waals surface area contributed by atoms with E-state index in [1.807, 2.05) is 19.2 Å². The highest BCUT2D eigenvalue weighted by atomic mass is 14.9. The summed E-state index contributed by atoms with van der Waals surface area (Å²) < 4.78 is 0. The summed E-state index contributed by atoms with van der Waals surface area (Å²) in [6.45, 7) is 3.03. The molecule has 1 saturated heterocycles. The Morgan fingerprint density at radius 3 is 3.21 bits per heavy atom. The van der Waals surface area contributed by atoms with Gasteiger partial charge in [0.15, 0.2) is 0 Å². The molecule has 1 aliphatic heterocycles. The van der Waals surface area contributed by atoms with Crippen molar-refractivity contribution in [2.24, 2.45) is 5.92 Å². The summed E-state index contributed by atoms with van der Waals surface area (Å²) in [6.07, 6.45) is 9.13. The van der Waals surface area contributed by atoms with E-state index >= 15 is 0 Å². The Hall–Kier alpha value is -1.66. The number of fused-ring (bicyclic) bond motifs is 1. The topological polar surface area (TPSA) is 48.7 Å². The summed E-state index contributed by atoms with van der Waals surface area (Å²) in [6, 6.07) is 4.82. The van der Waals surface area contributed by atoms with Gasteiger partial charge >= 0.3 is 0 Å². The van der Waals surface area contributed by atoms with Crippen LogP contribution >= 0.6 is 0 Å². The number of rotatable bonds is 1. The third-order valence-electron chi connectivity index (χ3n) is 4.41. The molecule has 19 heavy (non-hydrogen) atoms. The number of nitrogens with one attached hydrogen (secondary N) is 1. The summed E-state index contributed by atoms with van der Waals surface area (Å²) in [4.78, 5) is 4.35. The zero-order valence-corrected chi connectivity index (χ0v) is 11.3. The molecular formula is C16H19N3. The van der Waals surface area contributed by atoms with E-state index < -0.39 is 0 Å². The molecule has 0 aromatic carbocycles. The number of hydrogen-bond donors (Lipinski definition) is 1. The standard InChI is InChI=1S/C16H19N3/c1-11-14(9-17)7-15(10-19-11)13-5-4-12-3-2-6-18-16(12)8-13/h5,7,10,12,16,18H,2-4,6,8H2,1H3/t12-,16+/m0/s1. The van der Waals surface area contributed by atoms with Crippen molar-refractivity contribution in [3.05, 3.63) is 35.2 Å². The molecule has 0 bridgehead atoms. The average Bonchev–Trinajstić information content (AvgIpc) is 2.47. The van der Waals surface area contributed by atoms with Gasteiger partial charge in [0.2, 0.25) is 0 Å². The van der Waals surface area contributed by atoms with Crippen LogP contribution in [0.5, 0.6) is 0 Å². The van der Waals surface area contributed by atoms with Crippen LogP contribution < -0.4 is 5.32 Å². The highest BCUT2D eigenvalue weighted by Crippen LogP contribution is 2.34. The van der Waals surface area contributed by atoms with E-state index in [4.69, 9.17) is 5.26 Å². The van der Waals surface area contributed by atoms with Crippen molar-refractivity contribution in [2.75, 3.05) is 6.54 Å². The molecular weight excluding hydrogens is 234 g/mol. The lowest BCUT2D eigenvalue weighted by Gasteiger charge is -2.36. The lowest BCUT2D eigenvalue weighted by atomic mass is 9.78. The van der Waals surface area contributed by atoms with Crippen LogP contribution in [0.2, 0.25) is 0 Å². The molecule has 1 aromatic heterocycles. The van der Waals surface area contributed by atoms with E-state index in [1.54, 1.807) is 0 Å². The molecule has 0 radical (unpaired) electrons. The number of aromatic nitrogens is 1. The van der Waals surface area contributed by atoms with Gasteiger partial charge in [-0.3, -0.25) is 4.98 Å². The second-order valence-corrected chi connectivity index (χ2v) is 5.60. The summed E-state index contributed by atoms with van der Waals surface area (Å²) >= 11 is 0. The molecule has 0 spiro atoms. The second kappa shape index (κ2) is 5.14. The number of allylic oxidation sites excluding steroid dienone is 1. The van der Waals surface area contributed by atoms with Gasteiger partial charge in [-0.25, -0.2) is 0 Å². The van der Waals surface area contributed by atoms with Crippen molar-refractivity contribution in [3.63, 3.8) is 0 Å². The first-order chi connectivity index (χ1) is 9.28. The summed E-state index contributed by atoms with van der Waals surface area (Å²) in [5.74, 6) is 0.798. The predicted octanol–water partition coefficient (Wildman–Crippen LogP) is 2.81. The van der Waals surface area contributed by atoms with Gasteiger partial charge in [-0.05, 0) is 62.3 Å². The van der Waals surface area contributed by atoms with Crippen LogP contribution in [0.1, 0.15) is 42.5 Å². The van der Waals surface area contributed by atoms with Gasteiger partial charge in [0.05, 0.1) is 11.3 Å². The van der Waals surface area contributed by atoms with E-state index in [2.05, 4.69) is 22.4 Å². The van der Waals surface area contributed by atoms with Gasteiger partial charge in [0, 0.05) is 12.2 Å². The monoisotopic (exact) mass is 253 g/mol. The van der Waals surface area contributed by atoms with Crippen LogP contribution in [-0.2, 0) is 0 Å². The van der Waals surface area contributed by atoms with Gasteiger partial charge in [0.1, 0.15) is 6.07 Å². The van der Waals surface area contributed by atoms with Gasteiger partial charge in [-0.1, -0.05) is 6.08 Å². The molecule has 1 aromatic rings. The fourth-order valence-corrected chi connectivity index (χ4v) is 3.21. The molecule has 98 valence electrons. The molecule has 0 unspecified atom stereocenters. The Kier molecular flexibility index (Phi) is 3.35. The third kappa shape index (κ3) is 2.41. The molecule has 3 heteroatoms. The van der Waals surface area contributed by atoms with Crippen LogP contribution in [0.4, 0.5) is 0 Å². The van der Waals surface area contributed by atoms with Crippen molar-refractivity contribution in [1.82, 2.24) is 10.3 Å². The number of pyridine rings is 1. The van der Waals surface area contributed by atoms with E-state index in [1.165, 1.54) is 18.4 Å². The molecule has 1 fully saturated rings. The van der Waals surface area contributed by atoms with Gasteiger partial charge in [0.25, 0.3) is 0 Å². The third-order valence-corrected chi connectivity index (χ3v) is 4.41. The predicted molar refractivity (Wildman–Crippen MR) is 75.4 cm³/mol. The van der Waals surface area contributed by atoms with Gasteiger partial charge in [-0.15, -0.1) is 0 Å². The van der Waals surface area contributed by atoms with Crippen molar-refractivity contribution < 1.29 is 0 Å². The summed E-state index contributed by atoms with van der Waals surface area (Å²) in [5.41, 5.74) is 3.97. The Morgan fingerprint density at radius 1 is 1.47 bits per heavy atom. The minimum atomic E-state index is 0.612. The molecule has 2 atom stereocenters. The van der Waals surface area contributed by atoms with E-state index in [-0.39, 0.29) is 0 Å². The van der Waals surface area contributed by atoms with Crippen LogP contribution in [0.25, 0.3) is 5.57 Å². The molecule has 0 amide bonds. The number of nitrogens with zero attached hydrogens (tertiary/aromatic N) is 2. The van der Waals surface area contributed by atoms with Gasteiger partial charge in [-0.2, -0.15) is 5.26 Å². The first kappa shape index (κ1) is 12.4. The van der Waals surface area contributed by atoms with E-state index in [9.17, 15) is 0 Å². The van der Waals surface area contributed by atoms with Crippen LogP contribution in [-0.4, -0.2) is 17.6 Å². The van der Waals surface area contributed by atoms with Crippen molar-refractivity contribution in [3.8, 4) is 6.07 Å². The minimum absolute atomic E-state index is 0.612. The smallest absolute Gasteiger partial charge is 0.101 e. The zero-order chi connectivity index (χ0) is 13.2. The molecule has 3 rings (SSSR count). The second-order valence-electron chi connectivity index (χ2n) is 5.60. The first-order valence-corrected chi connectivity index (χ1v) is 7.07. The maximum absolute atomic E-state index is 9.11. The quantitative estimate of drug-likeness (QED) is 0.837. The van der Waals surface area contributed by atoms with Crippen molar-refractivity contribution >= 4 is 5.57 Å². The highest BCUT2D eigenvalue weighted by molar-refractivity contribution is 5.67. The zero-order valence-electron chi connectivity index (χ0n) is 11.3. The number of nitriles is 1.